The van der Waals surface area contributed by atoms with Gasteiger partial charge < -0.3 is 9.67 Å². The van der Waals surface area contributed by atoms with E-state index in [4.69, 9.17) is 11.6 Å². The second-order valence-corrected chi connectivity index (χ2v) is 6.20. The molecule has 0 amide bonds. The Morgan fingerprint density at radius 2 is 1.95 bits per heavy atom. The first-order valence-electron chi connectivity index (χ1n) is 6.31. The number of nitro benzene ring substituents is 1. The summed E-state index contributed by atoms with van der Waals surface area (Å²) < 4.78 is 1.57. The molecule has 22 heavy (non-hydrogen) atoms. The summed E-state index contributed by atoms with van der Waals surface area (Å²) in [6, 6.07) is 2.34. The number of hydrogen-bond acceptors (Lipinski definition) is 4. The van der Waals surface area contributed by atoms with Crippen molar-refractivity contribution in [1.82, 2.24) is 4.57 Å². The summed E-state index contributed by atoms with van der Waals surface area (Å²) in [7, 11) is 0. The van der Waals surface area contributed by atoms with Crippen LogP contribution in [0, 0.1) is 10.1 Å². The zero-order valence-electron chi connectivity index (χ0n) is 12.1. The van der Waals surface area contributed by atoms with Crippen molar-refractivity contribution >= 4 is 34.2 Å². The van der Waals surface area contributed by atoms with Crippen molar-refractivity contribution in [1.29, 1.82) is 0 Å². The van der Waals surface area contributed by atoms with Gasteiger partial charge in [0, 0.05) is 17.8 Å². The van der Waals surface area contributed by atoms with Crippen molar-refractivity contribution < 1.29 is 14.8 Å². The van der Waals surface area contributed by atoms with Gasteiger partial charge in [-0.05, 0) is 26.8 Å². The molecule has 0 bridgehead atoms. The highest BCUT2D eigenvalue weighted by Crippen LogP contribution is 2.31. The lowest BCUT2D eigenvalue weighted by atomic mass is 10.0. The molecule has 0 aliphatic heterocycles. The topological polar surface area (TPSA) is 102 Å². The third-order valence-corrected chi connectivity index (χ3v) is 3.52. The lowest BCUT2D eigenvalue weighted by Gasteiger charge is -2.26. The van der Waals surface area contributed by atoms with E-state index in [2.05, 4.69) is 0 Å². The third-order valence-electron chi connectivity index (χ3n) is 3.22. The highest BCUT2D eigenvalue weighted by atomic mass is 35.5. The molecule has 116 valence electrons. The Labute approximate surface area is 129 Å². The Kier molecular flexibility index (Phi) is 3.70. The van der Waals surface area contributed by atoms with Crippen LogP contribution in [0.1, 0.15) is 31.1 Å². The Hall–Kier alpha value is -2.41. The van der Waals surface area contributed by atoms with E-state index in [0.29, 0.717) is 5.52 Å². The van der Waals surface area contributed by atoms with Gasteiger partial charge >= 0.3 is 5.97 Å². The molecular weight excluding hydrogens is 312 g/mol. The lowest BCUT2D eigenvalue weighted by Crippen LogP contribution is -2.27. The van der Waals surface area contributed by atoms with Gasteiger partial charge in [-0.1, -0.05) is 11.6 Å². The minimum absolute atomic E-state index is 0.0501. The molecule has 0 atom stereocenters. The Morgan fingerprint density at radius 3 is 2.41 bits per heavy atom. The van der Waals surface area contributed by atoms with Gasteiger partial charge in [0.15, 0.2) is 0 Å². The number of halogens is 1. The van der Waals surface area contributed by atoms with E-state index in [1.807, 2.05) is 20.8 Å². The number of carbonyl (C=O) groups is 1. The highest BCUT2D eigenvalue weighted by molar-refractivity contribution is 6.33. The Balaban J connectivity index is 3.06. The van der Waals surface area contributed by atoms with Crippen LogP contribution in [0.3, 0.4) is 0 Å². The molecule has 8 heteroatoms. The first-order valence-corrected chi connectivity index (χ1v) is 6.69. The van der Waals surface area contributed by atoms with Crippen LogP contribution in [0.4, 0.5) is 5.69 Å². The van der Waals surface area contributed by atoms with E-state index in [-0.39, 0.29) is 10.4 Å². The van der Waals surface area contributed by atoms with Crippen molar-refractivity contribution in [3.05, 3.63) is 49.3 Å². The van der Waals surface area contributed by atoms with E-state index in [9.17, 15) is 24.8 Å². The molecule has 7 nitrogen and oxygen atoms in total. The number of carboxylic acid groups (broad SMARTS) is 1. The van der Waals surface area contributed by atoms with Crippen LogP contribution in [0.15, 0.2) is 23.1 Å². The van der Waals surface area contributed by atoms with Crippen molar-refractivity contribution in [3.63, 3.8) is 0 Å². The SMILES string of the molecule is CC(C)(C)n1cc(C(=O)O)c(=O)c2cc([N+](=O)[O-])c(Cl)cc21. The van der Waals surface area contributed by atoms with Gasteiger partial charge in [-0.25, -0.2) is 4.79 Å². The number of nitrogens with zero attached hydrogens (tertiary/aromatic N) is 2. The second-order valence-electron chi connectivity index (χ2n) is 5.80. The molecular formula is C14H13ClN2O5. The van der Waals surface area contributed by atoms with E-state index >= 15 is 0 Å². The Morgan fingerprint density at radius 1 is 1.36 bits per heavy atom. The summed E-state index contributed by atoms with van der Waals surface area (Å²) in [6.07, 6.45) is 1.23. The number of carboxylic acids is 1. The number of aromatic carboxylic acids is 1. The maximum absolute atomic E-state index is 12.3. The number of hydrogen-bond donors (Lipinski definition) is 1. The number of pyridine rings is 1. The standard InChI is InChI=1S/C14H13ClN2O5/c1-14(2,3)16-6-8(13(19)20)12(18)7-4-11(17(21)22)9(15)5-10(7)16/h4-6H,1-3H3,(H,19,20). The Bertz CT molecular complexity index is 864. The van der Waals surface area contributed by atoms with Gasteiger partial charge in [0.05, 0.1) is 15.8 Å². The first kappa shape index (κ1) is 16.0. The average molecular weight is 325 g/mol. The van der Waals surface area contributed by atoms with E-state index in [1.165, 1.54) is 12.3 Å². The smallest absolute Gasteiger partial charge is 0.341 e. The molecule has 2 aromatic rings. The fourth-order valence-electron chi connectivity index (χ4n) is 2.18. The number of rotatable bonds is 2. The van der Waals surface area contributed by atoms with Crippen LogP contribution in [0.2, 0.25) is 5.02 Å². The van der Waals surface area contributed by atoms with Crippen molar-refractivity contribution in [2.24, 2.45) is 0 Å². The third kappa shape index (κ3) is 2.55. The molecule has 1 N–H and O–H groups in total. The molecule has 0 saturated heterocycles. The molecule has 0 fully saturated rings. The molecule has 1 heterocycles. The maximum atomic E-state index is 12.3. The zero-order valence-corrected chi connectivity index (χ0v) is 12.8. The minimum atomic E-state index is -1.39. The number of benzene rings is 1. The molecule has 0 unspecified atom stereocenters. The second kappa shape index (κ2) is 5.10. The van der Waals surface area contributed by atoms with Crippen LogP contribution in [-0.4, -0.2) is 20.6 Å². The number of nitro groups is 1. The maximum Gasteiger partial charge on any atom is 0.341 e. The van der Waals surface area contributed by atoms with Crippen molar-refractivity contribution in [2.45, 2.75) is 26.3 Å². The van der Waals surface area contributed by atoms with Crippen LogP contribution in [0.25, 0.3) is 10.9 Å². The molecule has 0 aliphatic rings. The van der Waals surface area contributed by atoms with E-state index in [1.54, 1.807) is 4.57 Å². The van der Waals surface area contributed by atoms with Crippen molar-refractivity contribution in [3.8, 4) is 0 Å². The first-order chi connectivity index (χ1) is 10.0. The van der Waals surface area contributed by atoms with Crippen molar-refractivity contribution in [2.75, 3.05) is 0 Å². The van der Waals surface area contributed by atoms with Gasteiger partial charge in [0.2, 0.25) is 5.43 Å². The summed E-state index contributed by atoms with van der Waals surface area (Å²) >= 11 is 5.90. The average Bonchev–Trinajstić information content (AvgIpc) is 2.36. The fourth-order valence-corrected chi connectivity index (χ4v) is 2.41. The summed E-state index contributed by atoms with van der Waals surface area (Å²) in [5.41, 5.74) is -1.86. The highest BCUT2D eigenvalue weighted by Gasteiger charge is 2.24. The lowest BCUT2D eigenvalue weighted by molar-refractivity contribution is -0.384. The molecule has 0 aliphatic carbocycles. The fraction of sp³-hybridized carbons (Fsp3) is 0.286. The predicted molar refractivity (Wildman–Crippen MR) is 81.8 cm³/mol. The number of aromatic nitrogens is 1. The summed E-state index contributed by atoms with van der Waals surface area (Å²) in [6.45, 7) is 5.45. The van der Waals surface area contributed by atoms with Gasteiger partial charge in [-0.15, -0.1) is 0 Å². The van der Waals surface area contributed by atoms with E-state index in [0.717, 1.165) is 6.07 Å². The molecule has 2 rings (SSSR count). The van der Waals surface area contributed by atoms with Gasteiger partial charge in [0.1, 0.15) is 10.6 Å². The number of fused-ring (bicyclic) bond motifs is 1. The van der Waals surface area contributed by atoms with Gasteiger partial charge in [-0.2, -0.15) is 0 Å². The molecule has 1 aromatic heterocycles. The molecule has 0 radical (unpaired) electrons. The molecule has 1 aromatic carbocycles. The molecule has 0 spiro atoms. The van der Waals surface area contributed by atoms with Crippen LogP contribution in [-0.2, 0) is 5.54 Å². The van der Waals surface area contributed by atoms with E-state index < -0.39 is 33.1 Å². The summed E-state index contributed by atoms with van der Waals surface area (Å²) in [5, 5.41) is 20.0. The van der Waals surface area contributed by atoms with Crippen LogP contribution in [0.5, 0.6) is 0 Å². The summed E-state index contributed by atoms with van der Waals surface area (Å²) in [4.78, 5) is 33.8. The van der Waals surface area contributed by atoms with Crippen LogP contribution >= 0.6 is 11.6 Å². The molecule has 0 saturated carbocycles. The minimum Gasteiger partial charge on any atom is -0.477 e. The monoisotopic (exact) mass is 324 g/mol. The summed E-state index contributed by atoms with van der Waals surface area (Å²) in [5.74, 6) is -1.39. The quantitative estimate of drug-likeness (QED) is 0.675. The van der Waals surface area contributed by atoms with Gasteiger partial charge in [0.25, 0.3) is 5.69 Å². The largest absolute Gasteiger partial charge is 0.477 e. The van der Waals surface area contributed by atoms with Crippen LogP contribution < -0.4 is 5.43 Å². The predicted octanol–water partition coefficient (Wildman–Crippen LogP) is 3.02. The normalized spacial score (nSPS) is 11.6. The zero-order chi connectivity index (χ0) is 16.8. The van der Waals surface area contributed by atoms with Gasteiger partial charge in [-0.3, -0.25) is 14.9 Å².